The lowest BCUT2D eigenvalue weighted by Crippen LogP contribution is -2.40. The van der Waals surface area contributed by atoms with Crippen molar-refractivity contribution in [2.45, 2.75) is 25.7 Å². The van der Waals surface area contributed by atoms with Crippen LogP contribution in [0.15, 0.2) is 4.79 Å². The quantitative estimate of drug-likeness (QED) is 0.339. The van der Waals surface area contributed by atoms with Gasteiger partial charge in [-0.1, -0.05) is 0 Å². The highest BCUT2D eigenvalue weighted by molar-refractivity contribution is 5.46. The van der Waals surface area contributed by atoms with E-state index in [0.717, 1.165) is 13.0 Å². The van der Waals surface area contributed by atoms with Crippen LogP contribution in [0.4, 0.5) is 0 Å². The summed E-state index contributed by atoms with van der Waals surface area (Å²) in [6.45, 7) is 2.15. The predicted molar refractivity (Wildman–Crippen MR) is 65.8 cm³/mol. The Balaban J connectivity index is 0.000000200. The highest BCUT2D eigenvalue weighted by Crippen LogP contribution is 2.28. The topological polar surface area (TPSA) is 137 Å². The molecule has 1 aromatic heterocycles. The molecule has 1 fully saturated rings. The summed E-state index contributed by atoms with van der Waals surface area (Å²) >= 11 is 0. The number of rotatable bonds is 0. The van der Waals surface area contributed by atoms with E-state index in [-0.39, 0.29) is 5.56 Å². The molecule has 0 amide bonds. The summed E-state index contributed by atoms with van der Waals surface area (Å²) in [5, 5.41) is 44.5. The van der Waals surface area contributed by atoms with Crippen LogP contribution >= 0.6 is 0 Å². The Kier molecular flexibility index (Phi) is 4.40. The third-order valence-corrected chi connectivity index (χ3v) is 3.00. The molecule has 8 heteroatoms. The fourth-order valence-corrected chi connectivity index (χ4v) is 1.58. The zero-order valence-corrected chi connectivity index (χ0v) is 10.7. The van der Waals surface area contributed by atoms with Crippen molar-refractivity contribution >= 4 is 0 Å². The summed E-state index contributed by atoms with van der Waals surface area (Å²) in [5.74, 6) is -3.32. The van der Waals surface area contributed by atoms with Crippen molar-refractivity contribution in [2.24, 2.45) is 0 Å². The minimum absolute atomic E-state index is 0.0436. The van der Waals surface area contributed by atoms with Crippen LogP contribution in [0.2, 0.25) is 0 Å². The normalized spacial score (nSPS) is 17.9. The van der Waals surface area contributed by atoms with Gasteiger partial charge in [-0.3, -0.25) is 14.7 Å². The van der Waals surface area contributed by atoms with Crippen molar-refractivity contribution in [3.05, 3.63) is 15.9 Å². The summed E-state index contributed by atoms with van der Waals surface area (Å²) in [5.41, 5.74) is -0.868. The van der Waals surface area contributed by atoms with E-state index in [0.29, 0.717) is 6.42 Å². The number of H-pyrrole nitrogens is 1. The SMILES string of the molecule is CN1CCCC1(O)O.Cc1c(O)[nH]c(=O)c(O)c1O. The summed E-state index contributed by atoms with van der Waals surface area (Å²) in [4.78, 5) is 14.1. The highest BCUT2D eigenvalue weighted by Gasteiger charge is 2.33. The second-order valence-electron chi connectivity index (χ2n) is 4.42. The van der Waals surface area contributed by atoms with Gasteiger partial charge in [0.05, 0.1) is 5.56 Å². The van der Waals surface area contributed by atoms with Gasteiger partial charge >= 0.3 is 0 Å². The Morgan fingerprint density at radius 1 is 1.21 bits per heavy atom. The average molecular weight is 274 g/mol. The third-order valence-electron chi connectivity index (χ3n) is 3.00. The number of aromatic hydroxyl groups is 3. The molecule has 0 radical (unpaired) electrons. The molecular weight excluding hydrogens is 256 g/mol. The van der Waals surface area contributed by atoms with E-state index in [2.05, 4.69) is 0 Å². The second-order valence-corrected chi connectivity index (χ2v) is 4.42. The second kappa shape index (κ2) is 5.47. The number of hydrogen-bond acceptors (Lipinski definition) is 7. The van der Waals surface area contributed by atoms with E-state index in [1.54, 1.807) is 7.05 Å². The Morgan fingerprint density at radius 3 is 2.16 bits per heavy atom. The van der Waals surface area contributed by atoms with Crippen molar-refractivity contribution in [1.82, 2.24) is 9.88 Å². The average Bonchev–Trinajstić information content (AvgIpc) is 2.63. The van der Waals surface area contributed by atoms with Gasteiger partial charge in [-0.25, -0.2) is 0 Å². The van der Waals surface area contributed by atoms with E-state index in [1.807, 2.05) is 4.98 Å². The molecule has 8 nitrogen and oxygen atoms in total. The molecule has 0 atom stereocenters. The first-order chi connectivity index (χ1) is 8.66. The number of nitrogens with one attached hydrogen (secondary N) is 1. The summed E-state index contributed by atoms with van der Waals surface area (Å²) in [6.07, 6.45) is 1.35. The van der Waals surface area contributed by atoms with Crippen LogP contribution in [-0.4, -0.2) is 54.9 Å². The van der Waals surface area contributed by atoms with Gasteiger partial charge in [-0.05, 0) is 20.4 Å². The standard InChI is InChI=1S/C6H7NO4.C5H11NO2/c1-2-3(8)4(9)6(11)7-5(2)10;1-6-4-2-3-5(6,7)8/h9H,1H3,(H3,7,8,10,11);7-8H,2-4H2,1H3. The fourth-order valence-electron chi connectivity index (χ4n) is 1.58. The number of likely N-dealkylation sites (tertiary alicyclic amines) is 1. The smallest absolute Gasteiger partial charge is 0.296 e. The van der Waals surface area contributed by atoms with E-state index < -0.39 is 28.8 Å². The van der Waals surface area contributed by atoms with Crippen LogP contribution in [0.5, 0.6) is 17.4 Å². The molecule has 6 N–H and O–H groups in total. The summed E-state index contributed by atoms with van der Waals surface area (Å²) in [7, 11) is 1.70. The van der Waals surface area contributed by atoms with Gasteiger partial charge in [0.25, 0.3) is 5.56 Å². The number of nitrogens with zero attached hydrogens (tertiary/aromatic N) is 1. The molecule has 1 aromatic rings. The Morgan fingerprint density at radius 2 is 1.79 bits per heavy atom. The first-order valence-corrected chi connectivity index (χ1v) is 5.66. The first kappa shape index (κ1) is 15.3. The van der Waals surface area contributed by atoms with Crippen molar-refractivity contribution in [3.8, 4) is 17.4 Å². The maximum absolute atomic E-state index is 10.6. The molecule has 19 heavy (non-hydrogen) atoms. The third kappa shape index (κ3) is 3.37. The number of aromatic amines is 1. The van der Waals surface area contributed by atoms with Crippen molar-refractivity contribution in [3.63, 3.8) is 0 Å². The van der Waals surface area contributed by atoms with Crippen LogP contribution in [0.1, 0.15) is 18.4 Å². The highest BCUT2D eigenvalue weighted by atomic mass is 16.5. The molecular formula is C11H18N2O6. The number of hydrogen-bond donors (Lipinski definition) is 6. The van der Waals surface area contributed by atoms with Crippen molar-refractivity contribution < 1.29 is 25.5 Å². The molecule has 0 saturated carbocycles. The zero-order chi connectivity index (χ0) is 14.8. The lowest BCUT2D eigenvalue weighted by atomic mass is 10.2. The molecule has 108 valence electrons. The molecule has 1 aliphatic rings. The zero-order valence-electron chi connectivity index (χ0n) is 10.7. The maximum atomic E-state index is 10.6. The van der Waals surface area contributed by atoms with E-state index >= 15 is 0 Å². The molecule has 0 bridgehead atoms. The van der Waals surface area contributed by atoms with Crippen LogP contribution < -0.4 is 5.56 Å². The van der Waals surface area contributed by atoms with E-state index in [1.165, 1.54) is 11.8 Å². The number of aromatic nitrogens is 1. The van der Waals surface area contributed by atoms with Crippen LogP contribution in [0, 0.1) is 6.92 Å². The molecule has 2 rings (SSSR count). The van der Waals surface area contributed by atoms with Crippen LogP contribution in [0.3, 0.4) is 0 Å². The lowest BCUT2D eigenvalue weighted by Gasteiger charge is -2.22. The maximum Gasteiger partial charge on any atom is 0.296 e. The molecule has 0 aromatic carbocycles. The van der Waals surface area contributed by atoms with E-state index in [4.69, 9.17) is 25.5 Å². The molecule has 0 unspecified atom stereocenters. The molecule has 0 aliphatic carbocycles. The summed E-state index contributed by atoms with van der Waals surface area (Å²) < 4.78 is 0. The van der Waals surface area contributed by atoms with Gasteiger partial charge < -0.3 is 25.5 Å². The van der Waals surface area contributed by atoms with Gasteiger partial charge in [-0.2, -0.15) is 0 Å². The minimum Gasteiger partial charge on any atom is -0.504 e. The van der Waals surface area contributed by atoms with Crippen molar-refractivity contribution in [2.75, 3.05) is 13.6 Å². The molecule has 1 aliphatic heterocycles. The largest absolute Gasteiger partial charge is 0.504 e. The fraction of sp³-hybridized carbons (Fsp3) is 0.545. The van der Waals surface area contributed by atoms with E-state index in [9.17, 15) is 4.79 Å². The summed E-state index contributed by atoms with van der Waals surface area (Å²) in [6, 6.07) is 0. The molecule has 0 spiro atoms. The van der Waals surface area contributed by atoms with Gasteiger partial charge in [0.1, 0.15) is 0 Å². The lowest BCUT2D eigenvalue weighted by molar-refractivity contribution is -0.236. The minimum atomic E-state index is -1.51. The van der Waals surface area contributed by atoms with Crippen LogP contribution in [0.25, 0.3) is 0 Å². The van der Waals surface area contributed by atoms with Gasteiger partial charge in [-0.15, -0.1) is 0 Å². The van der Waals surface area contributed by atoms with Gasteiger partial charge in [0.2, 0.25) is 11.7 Å². The monoisotopic (exact) mass is 274 g/mol. The van der Waals surface area contributed by atoms with Crippen LogP contribution in [-0.2, 0) is 0 Å². The van der Waals surface area contributed by atoms with Gasteiger partial charge in [0.15, 0.2) is 11.6 Å². The Hall–Kier alpha value is -1.77. The Bertz CT molecular complexity index is 511. The molecule has 2 heterocycles. The molecule has 1 saturated heterocycles. The van der Waals surface area contributed by atoms with Crippen molar-refractivity contribution in [1.29, 1.82) is 0 Å². The Labute approximate surface area is 109 Å². The van der Waals surface area contributed by atoms with Gasteiger partial charge in [0, 0.05) is 13.0 Å². The number of pyridine rings is 1. The number of aliphatic hydroxyl groups is 2. The predicted octanol–water partition coefficient (Wildman–Crippen LogP) is -0.849. The first-order valence-electron chi connectivity index (χ1n) is 5.66.